The molecule has 0 unspecified atom stereocenters. The zero-order valence-electron chi connectivity index (χ0n) is 7.77. The van der Waals surface area contributed by atoms with Gasteiger partial charge in [0.2, 0.25) is 0 Å². The number of nitrogens with two attached hydrogens (primary N) is 1. The van der Waals surface area contributed by atoms with Gasteiger partial charge in [-0.3, -0.25) is 0 Å². The average molecular weight is 203 g/mol. The van der Waals surface area contributed by atoms with Gasteiger partial charge >= 0.3 is 5.69 Å². The molecule has 0 atom stereocenters. The van der Waals surface area contributed by atoms with Crippen LogP contribution in [-0.4, -0.2) is 15.2 Å². The normalized spacial score (nSPS) is 9.93. The Bertz CT molecular complexity index is 507. The first-order valence-electron chi connectivity index (χ1n) is 4.30. The van der Waals surface area contributed by atoms with E-state index in [0.29, 0.717) is 5.69 Å². The van der Waals surface area contributed by atoms with Crippen molar-refractivity contribution < 1.29 is 0 Å². The van der Waals surface area contributed by atoms with Crippen LogP contribution in [0.4, 0.5) is 5.82 Å². The van der Waals surface area contributed by atoms with Crippen LogP contribution in [0.1, 0.15) is 0 Å². The number of anilines is 1. The van der Waals surface area contributed by atoms with Crippen molar-refractivity contribution in [3.05, 3.63) is 40.8 Å². The summed E-state index contributed by atoms with van der Waals surface area (Å²) >= 11 is 0. The summed E-state index contributed by atoms with van der Waals surface area (Å²) in [5.41, 5.74) is 3.14. The highest BCUT2D eigenvalue weighted by Crippen LogP contribution is 2.20. The van der Waals surface area contributed by atoms with Gasteiger partial charge in [-0.2, -0.15) is 10.1 Å². The van der Waals surface area contributed by atoms with Crippen molar-refractivity contribution >= 4 is 5.82 Å². The Morgan fingerprint density at radius 3 is 2.67 bits per heavy atom. The second-order valence-electron chi connectivity index (χ2n) is 2.85. The summed E-state index contributed by atoms with van der Waals surface area (Å²) in [6, 6.07) is 9.31. The number of rotatable bonds is 2. The lowest BCUT2D eigenvalue weighted by Crippen LogP contribution is -2.19. The van der Waals surface area contributed by atoms with Gasteiger partial charge in [0.05, 0.1) is 0 Å². The van der Waals surface area contributed by atoms with E-state index in [-0.39, 0.29) is 5.82 Å². The van der Waals surface area contributed by atoms with E-state index >= 15 is 0 Å². The van der Waals surface area contributed by atoms with E-state index in [4.69, 9.17) is 5.84 Å². The quantitative estimate of drug-likeness (QED) is 0.475. The molecule has 2 aromatic rings. The van der Waals surface area contributed by atoms with Crippen molar-refractivity contribution in [1.29, 1.82) is 0 Å². The van der Waals surface area contributed by atoms with Crippen LogP contribution in [0, 0.1) is 0 Å². The molecule has 0 fully saturated rings. The zero-order chi connectivity index (χ0) is 10.7. The maximum atomic E-state index is 10.9. The first-order chi connectivity index (χ1) is 7.31. The van der Waals surface area contributed by atoms with E-state index in [1.54, 1.807) is 0 Å². The fourth-order valence-corrected chi connectivity index (χ4v) is 1.23. The monoisotopic (exact) mass is 203 g/mol. The Labute approximate surface area is 85.1 Å². The number of H-pyrrole nitrogens is 1. The van der Waals surface area contributed by atoms with Gasteiger partial charge in [0.1, 0.15) is 5.69 Å². The lowest BCUT2D eigenvalue weighted by Gasteiger charge is -2.04. The lowest BCUT2D eigenvalue weighted by atomic mass is 10.1. The van der Waals surface area contributed by atoms with Gasteiger partial charge in [-0.15, -0.1) is 0 Å². The molecule has 0 saturated carbocycles. The van der Waals surface area contributed by atoms with Crippen LogP contribution < -0.4 is 17.0 Å². The fraction of sp³-hybridized carbons (Fsp3) is 0. The SMILES string of the molecule is NNc1nc(=O)[nH]nc1-c1ccccc1. The number of hydrazine groups is 1. The number of aromatic nitrogens is 3. The van der Waals surface area contributed by atoms with E-state index in [1.165, 1.54) is 0 Å². The van der Waals surface area contributed by atoms with Crippen molar-refractivity contribution in [3.63, 3.8) is 0 Å². The van der Waals surface area contributed by atoms with Gasteiger partial charge in [-0.25, -0.2) is 15.7 Å². The molecule has 0 radical (unpaired) electrons. The number of benzene rings is 1. The highest BCUT2D eigenvalue weighted by atomic mass is 16.1. The highest BCUT2D eigenvalue weighted by molar-refractivity contribution is 5.69. The Kier molecular flexibility index (Phi) is 2.42. The molecule has 15 heavy (non-hydrogen) atoms. The molecule has 2 rings (SSSR count). The van der Waals surface area contributed by atoms with Gasteiger partial charge in [0.25, 0.3) is 0 Å². The van der Waals surface area contributed by atoms with E-state index in [2.05, 4.69) is 20.6 Å². The van der Waals surface area contributed by atoms with Gasteiger partial charge in [-0.1, -0.05) is 30.3 Å². The average Bonchev–Trinajstić information content (AvgIpc) is 2.30. The van der Waals surface area contributed by atoms with Crippen molar-refractivity contribution in [2.24, 2.45) is 5.84 Å². The van der Waals surface area contributed by atoms with Crippen molar-refractivity contribution in [3.8, 4) is 11.3 Å². The van der Waals surface area contributed by atoms with Crippen molar-refractivity contribution in [2.45, 2.75) is 0 Å². The van der Waals surface area contributed by atoms with Crippen LogP contribution in [0.15, 0.2) is 35.1 Å². The predicted octanol–water partition coefficient (Wildman–Crippen LogP) is 0.117. The van der Waals surface area contributed by atoms with Gasteiger partial charge in [0, 0.05) is 5.56 Å². The Balaban J connectivity index is 2.58. The molecule has 0 spiro atoms. The van der Waals surface area contributed by atoms with E-state index in [9.17, 15) is 4.79 Å². The summed E-state index contributed by atoms with van der Waals surface area (Å²) in [7, 11) is 0. The molecule has 6 heteroatoms. The molecule has 4 N–H and O–H groups in total. The molecule has 0 aliphatic heterocycles. The molecule has 0 aliphatic carbocycles. The van der Waals surface area contributed by atoms with E-state index in [1.807, 2.05) is 30.3 Å². The minimum absolute atomic E-state index is 0.255. The third kappa shape index (κ3) is 1.84. The maximum Gasteiger partial charge on any atom is 0.363 e. The Hall–Kier alpha value is -2.21. The number of aromatic amines is 1. The molecular weight excluding hydrogens is 194 g/mol. The Morgan fingerprint density at radius 1 is 1.27 bits per heavy atom. The van der Waals surface area contributed by atoms with Gasteiger partial charge in [0.15, 0.2) is 5.82 Å². The highest BCUT2D eigenvalue weighted by Gasteiger charge is 2.07. The standard InChI is InChI=1S/C9H9N5O/c10-12-8-7(13-14-9(15)11-8)6-4-2-1-3-5-6/h1-5H,10H2,(H2,11,12,14,15). The summed E-state index contributed by atoms with van der Waals surface area (Å²) in [4.78, 5) is 14.6. The molecule has 6 nitrogen and oxygen atoms in total. The molecular formula is C9H9N5O. The third-order valence-corrected chi connectivity index (χ3v) is 1.88. The largest absolute Gasteiger partial charge is 0.363 e. The second-order valence-corrected chi connectivity index (χ2v) is 2.85. The molecule has 1 heterocycles. The van der Waals surface area contributed by atoms with E-state index < -0.39 is 5.69 Å². The predicted molar refractivity (Wildman–Crippen MR) is 55.9 cm³/mol. The second kappa shape index (κ2) is 3.89. The summed E-state index contributed by atoms with van der Waals surface area (Å²) in [6.45, 7) is 0. The molecule has 0 amide bonds. The lowest BCUT2D eigenvalue weighted by molar-refractivity contribution is 0.919. The van der Waals surface area contributed by atoms with Crippen LogP contribution in [0.25, 0.3) is 11.3 Å². The first kappa shape index (κ1) is 9.35. The fourth-order valence-electron chi connectivity index (χ4n) is 1.23. The molecule has 1 aromatic heterocycles. The summed E-state index contributed by atoms with van der Waals surface area (Å²) in [5, 5.41) is 6.14. The van der Waals surface area contributed by atoms with Crippen LogP contribution in [0.3, 0.4) is 0 Å². The van der Waals surface area contributed by atoms with Crippen LogP contribution in [0.2, 0.25) is 0 Å². The number of nitrogens with one attached hydrogen (secondary N) is 2. The number of hydrogen-bond acceptors (Lipinski definition) is 5. The molecule has 1 aromatic carbocycles. The number of nitrogen functional groups attached to an aromatic ring is 1. The van der Waals surface area contributed by atoms with Gasteiger partial charge in [-0.05, 0) is 0 Å². The topological polar surface area (TPSA) is 96.7 Å². The van der Waals surface area contributed by atoms with Crippen LogP contribution >= 0.6 is 0 Å². The summed E-state index contributed by atoms with van der Waals surface area (Å²) in [6.07, 6.45) is 0. The van der Waals surface area contributed by atoms with Crippen LogP contribution in [-0.2, 0) is 0 Å². The molecule has 0 saturated heterocycles. The number of hydrogen-bond donors (Lipinski definition) is 3. The zero-order valence-corrected chi connectivity index (χ0v) is 7.77. The molecule has 0 bridgehead atoms. The molecule has 0 aliphatic rings. The minimum Gasteiger partial charge on any atom is -0.306 e. The number of nitrogens with zero attached hydrogens (tertiary/aromatic N) is 2. The minimum atomic E-state index is -0.539. The van der Waals surface area contributed by atoms with Crippen LogP contribution in [0.5, 0.6) is 0 Å². The summed E-state index contributed by atoms with van der Waals surface area (Å²) in [5.74, 6) is 5.51. The first-order valence-corrected chi connectivity index (χ1v) is 4.30. The van der Waals surface area contributed by atoms with E-state index in [0.717, 1.165) is 5.56 Å². The maximum absolute atomic E-state index is 10.9. The third-order valence-electron chi connectivity index (χ3n) is 1.88. The summed E-state index contributed by atoms with van der Waals surface area (Å²) < 4.78 is 0. The Morgan fingerprint density at radius 2 is 2.00 bits per heavy atom. The van der Waals surface area contributed by atoms with Crippen molar-refractivity contribution in [2.75, 3.05) is 5.43 Å². The van der Waals surface area contributed by atoms with Crippen molar-refractivity contribution in [1.82, 2.24) is 15.2 Å². The molecule has 76 valence electrons. The van der Waals surface area contributed by atoms with Gasteiger partial charge < -0.3 is 5.43 Å². The smallest absolute Gasteiger partial charge is 0.306 e.